The quantitative estimate of drug-likeness (QED) is 0.852. The second kappa shape index (κ2) is 8.10. The summed E-state index contributed by atoms with van der Waals surface area (Å²) in [7, 11) is 0. The number of nitrogens with one attached hydrogen (secondary N) is 1. The Kier molecular flexibility index (Phi) is 5.39. The van der Waals surface area contributed by atoms with Gasteiger partial charge in [0.05, 0.1) is 18.2 Å². The molecule has 28 heavy (non-hydrogen) atoms. The zero-order valence-electron chi connectivity index (χ0n) is 15.4. The van der Waals surface area contributed by atoms with Gasteiger partial charge in [-0.25, -0.2) is 0 Å². The molecule has 0 atom stereocenters. The van der Waals surface area contributed by atoms with Gasteiger partial charge < -0.3 is 19.7 Å². The van der Waals surface area contributed by atoms with Crippen LogP contribution in [0.2, 0.25) is 5.02 Å². The predicted molar refractivity (Wildman–Crippen MR) is 106 cm³/mol. The lowest BCUT2D eigenvalue weighted by Crippen LogP contribution is -2.25. The molecule has 2 aliphatic heterocycles. The highest BCUT2D eigenvalue weighted by Gasteiger charge is 2.21. The fraction of sp³-hybridized carbons (Fsp3) is 0.333. The first-order chi connectivity index (χ1) is 13.6. The second-order valence-corrected chi connectivity index (χ2v) is 7.24. The lowest BCUT2D eigenvalue weighted by molar-refractivity contribution is -0.117. The fourth-order valence-electron chi connectivity index (χ4n) is 3.38. The van der Waals surface area contributed by atoms with Crippen LogP contribution in [0.15, 0.2) is 36.4 Å². The Labute approximate surface area is 168 Å². The molecule has 2 amide bonds. The molecule has 0 aliphatic carbocycles. The van der Waals surface area contributed by atoms with Crippen LogP contribution in [0, 0.1) is 0 Å². The van der Waals surface area contributed by atoms with Crippen LogP contribution in [0.3, 0.4) is 0 Å². The Balaban J connectivity index is 1.41. The molecule has 0 unspecified atom stereocenters. The summed E-state index contributed by atoms with van der Waals surface area (Å²) in [5.74, 6) is 1.10. The van der Waals surface area contributed by atoms with Crippen molar-refractivity contribution in [2.45, 2.75) is 25.8 Å². The number of halogens is 1. The van der Waals surface area contributed by atoms with E-state index in [1.165, 1.54) is 0 Å². The van der Waals surface area contributed by atoms with Crippen molar-refractivity contribution in [2.75, 3.05) is 24.7 Å². The molecule has 7 heteroatoms. The molecule has 0 spiro atoms. The van der Waals surface area contributed by atoms with Crippen LogP contribution < -0.4 is 19.7 Å². The normalized spacial score (nSPS) is 16.0. The predicted octanol–water partition coefficient (Wildman–Crippen LogP) is 3.56. The Bertz CT molecular complexity index is 898. The number of rotatable bonds is 4. The Morgan fingerprint density at radius 3 is 2.64 bits per heavy atom. The smallest absolute Gasteiger partial charge is 0.251 e. The molecule has 2 aromatic carbocycles. The maximum atomic E-state index is 12.5. The summed E-state index contributed by atoms with van der Waals surface area (Å²) >= 11 is 6.29. The molecule has 146 valence electrons. The molecular formula is C21H21ClN2O4. The van der Waals surface area contributed by atoms with Gasteiger partial charge in [-0.2, -0.15) is 0 Å². The first-order valence-corrected chi connectivity index (χ1v) is 9.76. The van der Waals surface area contributed by atoms with Crippen molar-refractivity contribution < 1.29 is 19.1 Å². The second-order valence-electron chi connectivity index (χ2n) is 6.83. The summed E-state index contributed by atoms with van der Waals surface area (Å²) in [5, 5.41) is 3.36. The van der Waals surface area contributed by atoms with Crippen LogP contribution in [0.4, 0.5) is 5.69 Å². The van der Waals surface area contributed by atoms with Crippen molar-refractivity contribution in [2.24, 2.45) is 0 Å². The third-order valence-electron chi connectivity index (χ3n) is 4.83. The largest absolute Gasteiger partial charge is 0.489 e. The number of amides is 2. The third kappa shape index (κ3) is 3.92. The number of ether oxygens (including phenoxy) is 2. The molecular weight excluding hydrogens is 380 g/mol. The molecule has 4 rings (SSSR count). The molecule has 0 bridgehead atoms. The third-order valence-corrected chi connectivity index (χ3v) is 5.11. The molecule has 1 saturated heterocycles. The van der Waals surface area contributed by atoms with Gasteiger partial charge in [-0.3, -0.25) is 9.59 Å². The maximum absolute atomic E-state index is 12.5. The molecule has 1 N–H and O–H groups in total. The van der Waals surface area contributed by atoms with Gasteiger partial charge in [0.15, 0.2) is 11.5 Å². The van der Waals surface area contributed by atoms with Crippen molar-refractivity contribution in [3.05, 3.63) is 52.5 Å². The van der Waals surface area contributed by atoms with Gasteiger partial charge in [-0.1, -0.05) is 11.6 Å². The number of carbonyl (C=O) groups is 2. The number of anilines is 1. The fourth-order valence-corrected chi connectivity index (χ4v) is 3.67. The van der Waals surface area contributed by atoms with Crippen molar-refractivity contribution in [1.29, 1.82) is 0 Å². The summed E-state index contributed by atoms with van der Waals surface area (Å²) in [6, 6.07) is 10.7. The Morgan fingerprint density at radius 1 is 1.11 bits per heavy atom. The van der Waals surface area contributed by atoms with Crippen molar-refractivity contribution in [1.82, 2.24) is 5.32 Å². The van der Waals surface area contributed by atoms with E-state index in [4.69, 9.17) is 21.1 Å². The minimum absolute atomic E-state index is 0.128. The van der Waals surface area contributed by atoms with Crippen molar-refractivity contribution in [3.63, 3.8) is 0 Å². The van der Waals surface area contributed by atoms with Gasteiger partial charge in [-0.05, 0) is 48.4 Å². The molecule has 1 fully saturated rings. The van der Waals surface area contributed by atoms with Crippen LogP contribution in [0.25, 0.3) is 0 Å². The van der Waals surface area contributed by atoms with Crippen LogP contribution in [-0.2, 0) is 11.3 Å². The molecule has 0 aromatic heterocycles. The highest BCUT2D eigenvalue weighted by atomic mass is 35.5. The topological polar surface area (TPSA) is 67.9 Å². The average Bonchev–Trinajstić information content (AvgIpc) is 2.98. The molecule has 0 radical (unpaired) electrons. The number of nitrogens with zero attached hydrogens (tertiary/aromatic N) is 1. The van der Waals surface area contributed by atoms with E-state index in [0.29, 0.717) is 48.3 Å². The van der Waals surface area contributed by atoms with Crippen molar-refractivity contribution in [3.8, 4) is 11.5 Å². The van der Waals surface area contributed by atoms with Crippen LogP contribution in [0.1, 0.15) is 35.2 Å². The van der Waals surface area contributed by atoms with Crippen molar-refractivity contribution >= 4 is 29.1 Å². The number of hydrogen-bond donors (Lipinski definition) is 1. The van der Waals surface area contributed by atoms with Crippen LogP contribution >= 0.6 is 11.6 Å². The van der Waals surface area contributed by atoms with E-state index in [0.717, 1.165) is 30.6 Å². The SMILES string of the molecule is O=C(NCc1cc(Cl)c2c(c1)OCCCO2)c1ccc(N2CCCC2=O)cc1. The van der Waals surface area contributed by atoms with E-state index < -0.39 is 0 Å². The summed E-state index contributed by atoms with van der Waals surface area (Å²) in [4.78, 5) is 26.0. The first-order valence-electron chi connectivity index (χ1n) is 9.38. The maximum Gasteiger partial charge on any atom is 0.251 e. The van der Waals surface area contributed by atoms with E-state index in [-0.39, 0.29) is 11.8 Å². The van der Waals surface area contributed by atoms with Gasteiger partial charge in [0.1, 0.15) is 0 Å². The van der Waals surface area contributed by atoms with E-state index >= 15 is 0 Å². The minimum atomic E-state index is -0.192. The lowest BCUT2D eigenvalue weighted by atomic mass is 10.1. The standard InChI is InChI=1S/C21H21ClN2O4/c22-17-11-14(12-18-20(17)28-10-2-9-27-18)13-23-21(26)15-4-6-16(7-5-15)24-8-1-3-19(24)25/h4-7,11-12H,1-3,8-10,13H2,(H,23,26). The minimum Gasteiger partial charge on any atom is -0.489 e. The number of hydrogen-bond acceptors (Lipinski definition) is 4. The molecule has 0 saturated carbocycles. The van der Waals surface area contributed by atoms with Crippen LogP contribution in [-0.4, -0.2) is 31.6 Å². The zero-order chi connectivity index (χ0) is 19.5. The van der Waals surface area contributed by atoms with E-state index in [1.807, 2.05) is 18.2 Å². The van der Waals surface area contributed by atoms with Gasteiger partial charge in [0.2, 0.25) is 5.91 Å². The Hall–Kier alpha value is -2.73. The van der Waals surface area contributed by atoms with Gasteiger partial charge in [0.25, 0.3) is 5.91 Å². The molecule has 2 heterocycles. The summed E-state index contributed by atoms with van der Waals surface area (Å²) < 4.78 is 11.3. The van der Waals surface area contributed by atoms with E-state index in [2.05, 4.69) is 5.32 Å². The average molecular weight is 401 g/mol. The van der Waals surface area contributed by atoms with Gasteiger partial charge in [-0.15, -0.1) is 0 Å². The lowest BCUT2D eigenvalue weighted by Gasteiger charge is -2.16. The molecule has 2 aliphatic rings. The summed E-state index contributed by atoms with van der Waals surface area (Å²) in [5.41, 5.74) is 2.20. The van der Waals surface area contributed by atoms with E-state index in [1.54, 1.807) is 23.1 Å². The highest BCUT2D eigenvalue weighted by molar-refractivity contribution is 6.32. The molecule has 2 aromatic rings. The zero-order valence-corrected chi connectivity index (χ0v) is 16.1. The Morgan fingerprint density at radius 2 is 1.89 bits per heavy atom. The first kappa shape index (κ1) is 18.6. The van der Waals surface area contributed by atoms with Gasteiger partial charge >= 0.3 is 0 Å². The number of fused-ring (bicyclic) bond motifs is 1. The van der Waals surface area contributed by atoms with Gasteiger partial charge in [0, 0.05) is 37.2 Å². The number of carbonyl (C=O) groups excluding carboxylic acids is 2. The molecule has 6 nitrogen and oxygen atoms in total. The highest BCUT2D eigenvalue weighted by Crippen LogP contribution is 2.38. The number of benzene rings is 2. The summed E-state index contributed by atoms with van der Waals surface area (Å²) in [6.45, 7) is 2.20. The summed E-state index contributed by atoms with van der Waals surface area (Å²) in [6.07, 6.45) is 2.26. The van der Waals surface area contributed by atoms with E-state index in [9.17, 15) is 9.59 Å². The monoisotopic (exact) mass is 400 g/mol. The van der Waals surface area contributed by atoms with Crippen LogP contribution in [0.5, 0.6) is 11.5 Å².